The topological polar surface area (TPSA) is 32.3 Å². The molecular weight excluding hydrogens is 198 g/mol. The summed E-state index contributed by atoms with van der Waals surface area (Å²) in [5.41, 5.74) is 0.0810. The first kappa shape index (κ1) is 12.4. The summed E-state index contributed by atoms with van der Waals surface area (Å²) in [6.07, 6.45) is 6.97. The van der Waals surface area contributed by atoms with Crippen molar-refractivity contribution in [1.82, 2.24) is 5.32 Å². The standard InChI is InChI=1S/C14H27NO/c1-3-14(2,10-16)9-15-8-13-7-11-4-5-12(13)6-11/h11-13,15-16H,3-10H2,1-2H3. The summed E-state index contributed by atoms with van der Waals surface area (Å²) in [6, 6.07) is 0. The molecule has 0 spiro atoms. The number of hydrogen-bond acceptors (Lipinski definition) is 2. The molecule has 2 aliphatic carbocycles. The summed E-state index contributed by atoms with van der Waals surface area (Å²) in [4.78, 5) is 0. The Labute approximate surface area is 99.8 Å². The van der Waals surface area contributed by atoms with Crippen LogP contribution in [0.4, 0.5) is 0 Å². The lowest BCUT2D eigenvalue weighted by molar-refractivity contribution is 0.132. The van der Waals surface area contributed by atoms with Crippen LogP contribution >= 0.6 is 0 Å². The number of hydrogen-bond donors (Lipinski definition) is 2. The first-order chi connectivity index (χ1) is 7.67. The van der Waals surface area contributed by atoms with E-state index in [-0.39, 0.29) is 5.41 Å². The fourth-order valence-corrected chi connectivity index (χ4v) is 3.48. The number of aliphatic hydroxyl groups excluding tert-OH is 1. The van der Waals surface area contributed by atoms with Crippen molar-refractivity contribution in [2.75, 3.05) is 19.7 Å². The number of aliphatic hydroxyl groups is 1. The molecule has 0 aromatic heterocycles. The second-order valence-electron chi connectivity index (χ2n) is 6.39. The summed E-state index contributed by atoms with van der Waals surface area (Å²) in [5.74, 6) is 2.99. The Morgan fingerprint density at radius 3 is 2.62 bits per heavy atom. The smallest absolute Gasteiger partial charge is 0.0496 e. The van der Waals surface area contributed by atoms with Gasteiger partial charge in [-0.1, -0.05) is 20.3 Å². The zero-order chi connectivity index (χ0) is 11.6. The van der Waals surface area contributed by atoms with E-state index >= 15 is 0 Å². The van der Waals surface area contributed by atoms with Crippen LogP contribution < -0.4 is 5.32 Å². The summed E-state index contributed by atoms with van der Waals surface area (Å²) < 4.78 is 0. The summed E-state index contributed by atoms with van der Waals surface area (Å²) >= 11 is 0. The van der Waals surface area contributed by atoms with Crippen LogP contribution in [0.1, 0.15) is 46.0 Å². The molecule has 16 heavy (non-hydrogen) atoms. The Morgan fingerprint density at radius 2 is 2.12 bits per heavy atom. The van der Waals surface area contributed by atoms with Crippen LogP contribution in [-0.2, 0) is 0 Å². The van der Waals surface area contributed by atoms with E-state index < -0.39 is 0 Å². The van der Waals surface area contributed by atoms with Crippen molar-refractivity contribution in [3.8, 4) is 0 Å². The maximum atomic E-state index is 9.34. The van der Waals surface area contributed by atoms with Gasteiger partial charge in [-0.05, 0) is 50.0 Å². The third kappa shape index (κ3) is 2.60. The first-order valence-electron chi connectivity index (χ1n) is 6.98. The van der Waals surface area contributed by atoms with E-state index in [0.717, 1.165) is 30.7 Å². The van der Waals surface area contributed by atoms with E-state index in [2.05, 4.69) is 19.2 Å². The highest BCUT2D eigenvalue weighted by Crippen LogP contribution is 2.47. The second kappa shape index (κ2) is 5.05. The summed E-state index contributed by atoms with van der Waals surface area (Å²) in [7, 11) is 0. The van der Waals surface area contributed by atoms with Gasteiger partial charge < -0.3 is 10.4 Å². The molecule has 0 heterocycles. The Bertz CT molecular complexity index is 225. The number of rotatable bonds is 6. The van der Waals surface area contributed by atoms with Crippen LogP contribution in [0, 0.1) is 23.2 Å². The van der Waals surface area contributed by atoms with E-state index in [1.54, 1.807) is 0 Å². The zero-order valence-electron chi connectivity index (χ0n) is 10.8. The Kier molecular flexibility index (Phi) is 3.91. The van der Waals surface area contributed by atoms with Gasteiger partial charge in [0.05, 0.1) is 0 Å². The minimum atomic E-state index is 0.0810. The molecule has 0 saturated heterocycles. The maximum absolute atomic E-state index is 9.34. The zero-order valence-corrected chi connectivity index (χ0v) is 10.8. The van der Waals surface area contributed by atoms with Crippen molar-refractivity contribution in [1.29, 1.82) is 0 Å². The summed E-state index contributed by atoms with van der Waals surface area (Å²) in [6.45, 7) is 6.77. The lowest BCUT2D eigenvalue weighted by Gasteiger charge is -2.28. The molecule has 0 aliphatic heterocycles. The second-order valence-corrected chi connectivity index (χ2v) is 6.39. The van der Waals surface area contributed by atoms with E-state index in [1.807, 2.05) is 0 Å². The molecule has 4 unspecified atom stereocenters. The van der Waals surface area contributed by atoms with Crippen molar-refractivity contribution in [2.24, 2.45) is 23.2 Å². The van der Waals surface area contributed by atoms with Gasteiger partial charge in [0, 0.05) is 18.6 Å². The van der Waals surface area contributed by atoms with E-state index in [4.69, 9.17) is 0 Å². The van der Waals surface area contributed by atoms with Gasteiger partial charge in [0.2, 0.25) is 0 Å². The van der Waals surface area contributed by atoms with Gasteiger partial charge in [-0.15, -0.1) is 0 Å². The maximum Gasteiger partial charge on any atom is 0.0496 e. The van der Waals surface area contributed by atoms with Gasteiger partial charge >= 0.3 is 0 Å². The van der Waals surface area contributed by atoms with Crippen LogP contribution in [0.15, 0.2) is 0 Å². The molecule has 2 fully saturated rings. The van der Waals surface area contributed by atoms with Crippen LogP contribution in [0.3, 0.4) is 0 Å². The van der Waals surface area contributed by atoms with Crippen molar-refractivity contribution < 1.29 is 5.11 Å². The Morgan fingerprint density at radius 1 is 1.31 bits per heavy atom. The monoisotopic (exact) mass is 225 g/mol. The third-order valence-electron chi connectivity index (χ3n) is 5.08. The van der Waals surface area contributed by atoms with Crippen LogP contribution in [0.25, 0.3) is 0 Å². The van der Waals surface area contributed by atoms with E-state index in [1.165, 1.54) is 32.2 Å². The average molecular weight is 225 g/mol. The lowest BCUT2D eigenvalue weighted by Crippen LogP contribution is -2.37. The van der Waals surface area contributed by atoms with Gasteiger partial charge in [-0.3, -0.25) is 0 Å². The van der Waals surface area contributed by atoms with Crippen molar-refractivity contribution in [3.63, 3.8) is 0 Å². The molecule has 2 rings (SSSR count). The molecule has 2 heteroatoms. The summed E-state index contributed by atoms with van der Waals surface area (Å²) in [5, 5.41) is 12.9. The van der Waals surface area contributed by atoms with Crippen molar-refractivity contribution in [2.45, 2.75) is 46.0 Å². The van der Waals surface area contributed by atoms with Gasteiger partial charge in [-0.2, -0.15) is 0 Å². The van der Waals surface area contributed by atoms with Crippen LogP contribution in [0.5, 0.6) is 0 Å². The van der Waals surface area contributed by atoms with Crippen molar-refractivity contribution in [3.05, 3.63) is 0 Å². The van der Waals surface area contributed by atoms with Crippen LogP contribution in [0.2, 0.25) is 0 Å². The first-order valence-corrected chi connectivity index (χ1v) is 6.98. The molecule has 0 aromatic carbocycles. The minimum Gasteiger partial charge on any atom is -0.396 e. The largest absolute Gasteiger partial charge is 0.396 e. The van der Waals surface area contributed by atoms with Gasteiger partial charge in [0.1, 0.15) is 0 Å². The fourth-order valence-electron chi connectivity index (χ4n) is 3.48. The molecule has 4 atom stereocenters. The molecule has 2 N–H and O–H groups in total. The fraction of sp³-hybridized carbons (Fsp3) is 1.00. The Hall–Kier alpha value is -0.0800. The lowest BCUT2D eigenvalue weighted by atomic mass is 9.86. The van der Waals surface area contributed by atoms with Gasteiger partial charge in [-0.25, -0.2) is 0 Å². The highest BCUT2D eigenvalue weighted by atomic mass is 16.3. The SMILES string of the molecule is CCC(C)(CO)CNCC1CC2CCC1C2. The van der Waals surface area contributed by atoms with E-state index in [9.17, 15) is 5.11 Å². The molecule has 0 aromatic rings. The van der Waals surface area contributed by atoms with E-state index in [0.29, 0.717) is 6.61 Å². The third-order valence-corrected chi connectivity index (χ3v) is 5.08. The van der Waals surface area contributed by atoms with Gasteiger partial charge in [0.15, 0.2) is 0 Å². The predicted octanol–water partition coefficient (Wildman–Crippen LogP) is 2.42. The highest BCUT2D eigenvalue weighted by Gasteiger charge is 2.39. The van der Waals surface area contributed by atoms with Crippen molar-refractivity contribution >= 4 is 0 Å². The highest BCUT2D eigenvalue weighted by molar-refractivity contribution is 4.91. The molecule has 2 nitrogen and oxygen atoms in total. The average Bonchev–Trinajstić information content (AvgIpc) is 2.91. The molecular formula is C14H27NO. The molecule has 2 aliphatic rings. The molecule has 94 valence electrons. The quantitative estimate of drug-likeness (QED) is 0.727. The molecule has 2 saturated carbocycles. The molecule has 0 amide bonds. The molecule has 2 bridgehead atoms. The predicted molar refractivity (Wildman–Crippen MR) is 67.3 cm³/mol. The normalized spacial score (nSPS) is 36.6. The minimum absolute atomic E-state index is 0.0810. The van der Waals surface area contributed by atoms with Crippen LogP contribution in [-0.4, -0.2) is 24.8 Å². The number of nitrogens with one attached hydrogen (secondary N) is 1. The molecule has 0 radical (unpaired) electrons. The van der Waals surface area contributed by atoms with Gasteiger partial charge in [0.25, 0.3) is 0 Å². The Balaban J connectivity index is 1.68. The number of fused-ring (bicyclic) bond motifs is 2.